The van der Waals surface area contributed by atoms with Gasteiger partial charge < -0.3 is 14.7 Å². The highest BCUT2D eigenvalue weighted by molar-refractivity contribution is 5.80. The quantitative estimate of drug-likeness (QED) is 0.899. The first-order valence-electron chi connectivity index (χ1n) is 6.55. The van der Waals surface area contributed by atoms with Crippen LogP contribution >= 0.6 is 0 Å². The standard InChI is InChI=1S/C15H21NO3/c1-11-4-5-13(19-3)12(8-11)9-14(17)16-7-6-15(2,18)10-16/h4-5,8,18H,6-7,9-10H2,1-3H3. The molecule has 19 heavy (non-hydrogen) atoms. The van der Waals surface area contributed by atoms with Gasteiger partial charge in [0, 0.05) is 18.7 Å². The van der Waals surface area contributed by atoms with E-state index in [9.17, 15) is 9.90 Å². The van der Waals surface area contributed by atoms with Crippen molar-refractivity contribution in [2.75, 3.05) is 20.2 Å². The number of rotatable bonds is 3. The van der Waals surface area contributed by atoms with Crippen molar-refractivity contribution in [3.05, 3.63) is 29.3 Å². The maximum atomic E-state index is 12.2. The van der Waals surface area contributed by atoms with Gasteiger partial charge in [0.1, 0.15) is 5.75 Å². The topological polar surface area (TPSA) is 49.8 Å². The Balaban J connectivity index is 2.09. The first-order chi connectivity index (χ1) is 8.91. The van der Waals surface area contributed by atoms with Crippen molar-refractivity contribution in [1.82, 2.24) is 4.90 Å². The normalized spacial score (nSPS) is 22.6. The minimum Gasteiger partial charge on any atom is -0.496 e. The predicted octanol–water partition coefficient (Wildman–Crippen LogP) is 1.53. The Morgan fingerprint density at radius 3 is 2.84 bits per heavy atom. The highest BCUT2D eigenvalue weighted by atomic mass is 16.5. The van der Waals surface area contributed by atoms with E-state index in [0.717, 1.165) is 16.9 Å². The average Bonchev–Trinajstić information content (AvgIpc) is 2.70. The highest BCUT2D eigenvalue weighted by Crippen LogP contribution is 2.24. The molecule has 0 bridgehead atoms. The van der Waals surface area contributed by atoms with Gasteiger partial charge >= 0.3 is 0 Å². The average molecular weight is 263 g/mol. The van der Waals surface area contributed by atoms with Gasteiger partial charge in [-0.15, -0.1) is 0 Å². The van der Waals surface area contributed by atoms with E-state index in [4.69, 9.17) is 4.74 Å². The van der Waals surface area contributed by atoms with E-state index in [-0.39, 0.29) is 5.91 Å². The van der Waals surface area contributed by atoms with E-state index >= 15 is 0 Å². The van der Waals surface area contributed by atoms with Crippen molar-refractivity contribution in [3.8, 4) is 5.75 Å². The van der Waals surface area contributed by atoms with Gasteiger partial charge in [0.25, 0.3) is 0 Å². The number of methoxy groups -OCH3 is 1. The van der Waals surface area contributed by atoms with Crippen LogP contribution in [0.4, 0.5) is 0 Å². The Kier molecular flexibility index (Phi) is 3.80. The summed E-state index contributed by atoms with van der Waals surface area (Å²) in [6.45, 7) is 4.81. The third kappa shape index (κ3) is 3.26. The van der Waals surface area contributed by atoms with Crippen LogP contribution in [0.3, 0.4) is 0 Å². The van der Waals surface area contributed by atoms with Gasteiger partial charge in [0.05, 0.1) is 19.1 Å². The van der Waals surface area contributed by atoms with Crippen molar-refractivity contribution >= 4 is 5.91 Å². The van der Waals surface area contributed by atoms with Crippen LogP contribution < -0.4 is 4.74 Å². The van der Waals surface area contributed by atoms with Crippen LogP contribution in [0.1, 0.15) is 24.5 Å². The maximum absolute atomic E-state index is 12.2. The molecule has 0 spiro atoms. The summed E-state index contributed by atoms with van der Waals surface area (Å²) in [5, 5.41) is 9.91. The summed E-state index contributed by atoms with van der Waals surface area (Å²) in [5.41, 5.74) is 1.27. The molecule has 0 aromatic heterocycles. The van der Waals surface area contributed by atoms with Crippen LogP contribution in [0.2, 0.25) is 0 Å². The smallest absolute Gasteiger partial charge is 0.227 e. The minimum atomic E-state index is -0.744. The number of carbonyl (C=O) groups excluding carboxylic acids is 1. The Labute approximate surface area is 114 Å². The Hall–Kier alpha value is -1.55. The van der Waals surface area contributed by atoms with Crippen molar-refractivity contribution in [2.45, 2.75) is 32.3 Å². The molecule has 2 rings (SSSR count). The molecule has 1 atom stereocenters. The molecule has 4 nitrogen and oxygen atoms in total. The van der Waals surface area contributed by atoms with Gasteiger partial charge in [0.2, 0.25) is 5.91 Å². The molecule has 1 fully saturated rings. The first-order valence-corrected chi connectivity index (χ1v) is 6.55. The van der Waals surface area contributed by atoms with Gasteiger partial charge in [-0.25, -0.2) is 0 Å². The third-order valence-electron chi connectivity index (χ3n) is 3.58. The maximum Gasteiger partial charge on any atom is 0.227 e. The van der Waals surface area contributed by atoms with Crippen molar-refractivity contribution in [3.63, 3.8) is 0 Å². The zero-order valence-corrected chi connectivity index (χ0v) is 11.8. The summed E-state index contributed by atoms with van der Waals surface area (Å²) in [6, 6.07) is 5.83. The summed E-state index contributed by atoms with van der Waals surface area (Å²) in [5.74, 6) is 0.784. The van der Waals surface area contributed by atoms with Crippen LogP contribution in [0, 0.1) is 6.92 Å². The number of likely N-dealkylation sites (tertiary alicyclic amines) is 1. The number of hydrogen-bond acceptors (Lipinski definition) is 3. The van der Waals surface area contributed by atoms with Gasteiger partial charge in [-0.3, -0.25) is 4.79 Å². The number of nitrogens with zero attached hydrogens (tertiary/aromatic N) is 1. The molecular formula is C15H21NO3. The Morgan fingerprint density at radius 1 is 1.53 bits per heavy atom. The van der Waals surface area contributed by atoms with E-state index in [1.165, 1.54) is 0 Å². The van der Waals surface area contributed by atoms with Crippen molar-refractivity contribution in [2.24, 2.45) is 0 Å². The molecule has 1 aromatic carbocycles. The van der Waals surface area contributed by atoms with Gasteiger partial charge in [-0.2, -0.15) is 0 Å². The number of hydrogen-bond donors (Lipinski definition) is 1. The SMILES string of the molecule is COc1ccc(C)cc1CC(=O)N1CCC(C)(O)C1. The molecular weight excluding hydrogens is 242 g/mol. The fourth-order valence-corrected chi connectivity index (χ4v) is 2.48. The fourth-order valence-electron chi connectivity index (χ4n) is 2.48. The molecule has 1 heterocycles. The molecule has 1 amide bonds. The largest absolute Gasteiger partial charge is 0.496 e. The van der Waals surface area contributed by atoms with E-state index in [0.29, 0.717) is 25.9 Å². The third-order valence-corrected chi connectivity index (χ3v) is 3.58. The minimum absolute atomic E-state index is 0.0432. The van der Waals surface area contributed by atoms with E-state index < -0.39 is 5.60 Å². The Morgan fingerprint density at radius 2 is 2.26 bits per heavy atom. The number of ether oxygens (including phenoxy) is 1. The summed E-state index contributed by atoms with van der Waals surface area (Å²) in [6.07, 6.45) is 0.963. The fraction of sp³-hybridized carbons (Fsp3) is 0.533. The summed E-state index contributed by atoms with van der Waals surface area (Å²) >= 11 is 0. The molecule has 1 aromatic rings. The number of aryl methyl sites for hydroxylation is 1. The molecule has 0 saturated carbocycles. The van der Waals surface area contributed by atoms with Gasteiger partial charge in [-0.05, 0) is 26.3 Å². The lowest BCUT2D eigenvalue weighted by Gasteiger charge is -2.19. The van der Waals surface area contributed by atoms with Gasteiger partial charge in [-0.1, -0.05) is 17.7 Å². The van der Waals surface area contributed by atoms with E-state index in [2.05, 4.69) is 0 Å². The molecule has 1 N–H and O–H groups in total. The second-order valence-electron chi connectivity index (χ2n) is 5.55. The number of carbonyl (C=O) groups is 1. The molecule has 1 unspecified atom stereocenters. The van der Waals surface area contributed by atoms with E-state index in [1.54, 1.807) is 18.9 Å². The number of benzene rings is 1. The van der Waals surface area contributed by atoms with Crippen molar-refractivity contribution in [1.29, 1.82) is 0 Å². The highest BCUT2D eigenvalue weighted by Gasteiger charge is 2.33. The summed E-state index contributed by atoms with van der Waals surface area (Å²) in [4.78, 5) is 14.0. The number of amides is 1. The lowest BCUT2D eigenvalue weighted by atomic mass is 10.1. The molecule has 4 heteroatoms. The lowest BCUT2D eigenvalue weighted by molar-refractivity contribution is -0.130. The van der Waals surface area contributed by atoms with Crippen LogP contribution in [0.25, 0.3) is 0 Å². The zero-order valence-electron chi connectivity index (χ0n) is 11.8. The second kappa shape index (κ2) is 5.21. The zero-order chi connectivity index (χ0) is 14.0. The van der Waals surface area contributed by atoms with Crippen LogP contribution in [-0.4, -0.2) is 41.7 Å². The van der Waals surface area contributed by atoms with Crippen molar-refractivity contribution < 1.29 is 14.6 Å². The number of aliphatic hydroxyl groups is 1. The molecule has 104 valence electrons. The summed E-state index contributed by atoms with van der Waals surface area (Å²) in [7, 11) is 1.61. The molecule has 0 radical (unpaired) electrons. The molecule has 1 saturated heterocycles. The second-order valence-corrected chi connectivity index (χ2v) is 5.55. The molecule has 0 aliphatic carbocycles. The monoisotopic (exact) mass is 263 g/mol. The summed E-state index contributed by atoms with van der Waals surface area (Å²) < 4.78 is 5.28. The molecule has 1 aliphatic rings. The van der Waals surface area contributed by atoms with Gasteiger partial charge in [0.15, 0.2) is 0 Å². The lowest BCUT2D eigenvalue weighted by Crippen LogP contribution is -2.34. The number of β-amino-alcohol motifs (C(OH)–C–C–N with tert-alkyl or cyclic N) is 1. The van der Waals surface area contributed by atoms with Crippen LogP contribution in [0.5, 0.6) is 5.75 Å². The van der Waals surface area contributed by atoms with E-state index in [1.807, 2.05) is 25.1 Å². The predicted molar refractivity (Wildman–Crippen MR) is 73.3 cm³/mol. The van der Waals surface area contributed by atoms with Crippen LogP contribution in [0.15, 0.2) is 18.2 Å². The van der Waals surface area contributed by atoms with Crippen LogP contribution in [-0.2, 0) is 11.2 Å². The molecule has 1 aliphatic heterocycles. The first kappa shape index (κ1) is 13.9. The Bertz CT molecular complexity index is 482.